The lowest BCUT2D eigenvalue weighted by Gasteiger charge is -2.26. The molecule has 1 aromatic heterocycles. The molecule has 0 radical (unpaired) electrons. The summed E-state index contributed by atoms with van der Waals surface area (Å²) in [6.45, 7) is 0.165. The maximum Gasteiger partial charge on any atom is 0.325 e. The van der Waals surface area contributed by atoms with Gasteiger partial charge >= 0.3 is 6.03 Å². The van der Waals surface area contributed by atoms with Crippen molar-refractivity contribution in [1.82, 2.24) is 25.2 Å². The normalized spacial score (nSPS) is 22.3. The minimum Gasteiger partial charge on any atom is -0.323 e. The van der Waals surface area contributed by atoms with Gasteiger partial charge in [-0.3, -0.25) is 9.69 Å². The number of nitrogens with zero attached hydrogens (tertiary/aromatic N) is 4. The number of hydrogen-bond acceptors (Lipinski definition) is 4. The van der Waals surface area contributed by atoms with E-state index in [1.165, 1.54) is 9.70 Å². The number of aromatic nitrogens is 3. The quantitative estimate of drug-likeness (QED) is 0.845. The van der Waals surface area contributed by atoms with E-state index in [1.807, 2.05) is 30.3 Å². The van der Waals surface area contributed by atoms with Gasteiger partial charge in [0, 0.05) is 0 Å². The van der Waals surface area contributed by atoms with Crippen LogP contribution in [0.2, 0.25) is 0 Å². The first-order valence-electron chi connectivity index (χ1n) is 8.79. The molecule has 1 saturated heterocycles. The van der Waals surface area contributed by atoms with Crippen molar-refractivity contribution in [3.8, 4) is 5.69 Å². The zero-order valence-corrected chi connectivity index (χ0v) is 13.8. The Morgan fingerprint density at radius 3 is 2.40 bits per heavy atom. The van der Waals surface area contributed by atoms with Crippen LogP contribution in [0.1, 0.15) is 31.4 Å². The van der Waals surface area contributed by atoms with E-state index in [4.69, 9.17) is 0 Å². The van der Waals surface area contributed by atoms with Crippen LogP contribution in [0.4, 0.5) is 4.79 Å². The average Bonchev–Trinajstić information content (AvgIpc) is 3.55. The topological polar surface area (TPSA) is 80.1 Å². The summed E-state index contributed by atoms with van der Waals surface area (Å²) in [5, 5.41) is 11.7. The van der Waals surface area contributed by atoms with Crippen molar-refractivity contribution in [2.45, 2.75) is 37.8 Å². The highest BCUT2D eigenvalue weighted by atomic mass is 16.2. The molecule has 1 aliphatic heterocycles. The van der Waals surface area contributed by atoms with Crippen LogP contribution in [0.5, 0.6) is 0 Å². The number of carbonyl (C=O) groups excluding carboxylic acids is 2. The number of para-hydroxylation sites is 1. The van der Waals surface area contributed by atoms with Gasteiger partial charge in [-0.15, -0.1) is 0 Å². The van der Waals surface area contributed by atoms with Crippen LogP contribution in [-0.2, 0) is 11.3 Å². The predicted molar refractivity (Wildman–Crippen MR) is 88.6 cm³/mol. The maximum atomic E-state index is 13.1. The number of benzene rings is 1. The highest BCUT2D eigenvalue weighted by molar-refractivity contribution is 6.07. The molecule has 2 heterocycles. The summed E-state index contributed by atoms with van der Waals surface area (Å²) in [6.07, 6.45) is 5.73. The summed E-state index contributed by atoms with van der Waals surface area (Å²) in [7, 11) is 0. The minimum atomic E-state index is -0.646. The first kappa shape index (κ1) is 14.6. The van der Waals surface area contributed by atoms with Gasteiger partial charge in [0.05, 0.1) is 18.4 Å². The van der Waals surface area contributed by atoms with Crippen LogP contribution in [0.3, 0.4) is 0 Å². The molecule has 1 N–H and O–H groups in total. The molecular formula is C18H19N5O2. The molecule has 25 heavy (non-hydrogen) atoms. The number of amides is 3. The lowest BCUT2D eigenvalue weighted by atomic mass is 9.87. The fraction of sp³-hybridized carbons (Fsp3) is 0.444. The van der Waals surface area contributed by atoms with Crippen LogP contribution in [0, 0.1) is 11.8 Å². The number of rotatable bonds is 5. The predicted octanol–water partition coefficient (Wildman–Crippen LogP) is 1.88. The molecule has 5 rings (SSSR count). The summed E-state index contributed by atoms with van der Waals surface area (Å²) >= 11 is 0. The van der Waals surface area contributed by atoms with E-state index in [-0.39, 0.29) is 18.5 Å². The molecule has 2 aromatic rings. The SMILES string of the molecule is O=C1NC(C2CC2)(C2CC2)C(=O)N1Cc1cnn(-c2ccccc2)n1. The van der Waals surface area contributed by atoms with Gasteiger partial charge in [0.2, 0.25) is 0 Å². The smallest absolute Gasteiger partial charge is 0.323 e. The van der Waals surface area contributed by atoms with E-state index in [0.717, 1.165) is 31.4 Å². The van der Waals surface area contributed by atoms with E-state index >= 15 is 0 Å². The molecule has 0 bridgehead atoms. The van der Waals surface area contributed by atoms with Gasteiger partial charge in [-0.25, -0.2) is 4.79 Å². The monoisotopic (exact) mass is 337 g/mol. The molecule has 0 atom stereocenters. The molecule has 128 valence electrons. The first-order chi connectivity index (χ1) is 12.2. The van der Waals surface area contributed by atoms with Crippen molar-refractivity contribution in [3.63, 3.8) is 0 Å². The number of nitrogens with one attached hydrogen (secondary N) is 1. The molecule has 2 aliphatic carbocycles. The van der Waals surface area contributed by atoms with Crippen molar-refractivity contribution < 1.29 is 9.59 Å². The van der Waals surface area contributed by atoms with E-state index in [0.29, 0.717) is 17.5 Å². The van der Waals surface area contributed by atoms with Gasteiger partial charge < -0.3 is 5.32 Å². The van der Waals surface area contributed by atoms with E-state index < -0.39 is 5.54 Å². The molecule has 0 unspecified atom stereocenters. The molecule has 7 heteroatoms. The third kappa shape index (κ3) is 2.26. The van der Waals surface area contributed by atoms with E-state index in [9.17, 15) is 9.59 Å². The van der Waals surface area contributed by atoms with Crippen LogP contribution in [0.25, 0.3) is 5.69 Å². The second-order valence-electron chi connectivity index (χ2n) is 7.20. The number of hydrogen-bond donors (Lipinski definition) is 1. The van der Waals surface area contributed by atoms with Gasteiger partial charge in [0.25, 0.3) is 5.91 Å². The molecule has 1 aromatic carbocycles. The Balaban J connectivity index is 1.38. The van der Waals surface area contributed by atoms with Crippen LogP contribution >= 0.6 is 0 Å². The summed E-state index contributed by atoms with van der Waals surface area (Å²) in [5.74, 6) is 0.541. The third-order valence-electron chi connectivity index (χ3n) is 5.45. The summed E-state index contributed by atoms with van der Waals surface area (Å²) < 4.78 is 0. The Morgan fingerprint density at radius 1 is 1.08 bits per heavy atom. The number of carbonyl (C=O) groups is 2. The van der Waals surface area contributed by atoms with Gasteiger partial charge in [-0.2, -0.15) is 15.0 Å². The Bertz CT molecular complexity index is 826. The van der Waals surface area contributed by atoms with Gasteiger partial charge in [0.15, 0.2) is 0 Å². The highest BCUT2D eigenvalue weighted by Crippen LogP contribution is 2.54. The van der Waals surface area contributed by atoms with Gasteiger partial charge in [-0.1, -0.05) is 18.2 Å². The van der Waals surface area contributed by atoms with E-state index in [1.54, 1.807) is 6.20 Å². The molecule has 3 amide bonds. The Morgan fingerprint density at radius 2 is 1.76 bits per heavy atom. The summed E-state index contributed by atoms with van der Waals surface area (Å²) in [5.41, 5.74) is 0.804. The third-order valence-corrected chi connectivity index (χ3v) is 5.45. The molecule has 7 nitrogen and oxygen atoms in total. The zero-order valence-electron chi connectivity index (χ0n) is 13.8. The number of imide groups is 1. The highest BCUT2D eigenvalue weighted by Gasteiger charge is 2.65. The Labute approximate surface area is 145 Å². The second-order valence-corrected chi connectivity index (χ2v) is 7.20. The molecule has 2 saturated carbocycles. The lowest BCUT2D eigenvalue weighted by Crippen LogP contribution is -2.51. The fourth-order valence-electron chi connectivity index (χ4n) is 3.94. The molecule has 3 aliphatic rings. The summed E-state index contributed by atoms with van der Waals surface area (Å²) in [4.78, 5) is 28.4. The van der Waals surface area contributed by atoms with Crippen molar-refractivity contribution in [1.29, 1.82) is 0 Å². The van der Waals surface area contributed by atoms with Gasteiger partial charge in [-0.05, 0) is 49.7 Å². The molecule has 3 fully saturated rings. The van der Waals surface area contributed by atoms with Crippen molar-refractivity contribution in [2.75, 3.05) is 0 Å². The zero-order chi connectivity index (χ0) is 17.0. The largest absolute Gasteiger partial charge is 0.325 e. The fourth-order valence-corrected chi connectivity index (χ4v) is 3.94. The maximum absolute atomic E-state index is 13.1. The van der Waals surface area contributed by atoms with Crippen LogP contribution < -0.4 is 5.32 Å². The second kappa shape index (κ2) is 5.15. The van der Waals surface area contributed by atoms with Crippen molar-refractivity contribution >= 4 is 11.9 Å². The van der Waals surface area contributed by atoms with Gasteiger partial charge in [0.1, 0.15) is 11.2 Å². The molecular weight excluding hydrogens is 318 g/mol. The van der Waals surface area contributed by atoms with Crippen LogP contribution in [0.15, 0.2) is 36.5 Å². The number of urea groups is 1. The standard InChI is InChI=1S/C18H19N5O2/c24-16-18(12-6-7-12,13-8-9-13)20-17(25)22(16)11-14-10-19-23(21-14)15-4-2-1-3-5-15/h1-5,10,12-13H,6-9,11H2,(H,20,25). The van der Waals surface area contributed by atoms with Crippen molar-refractivity contribution in [2.24, 2.45) is 11.8 Å². The lowest BCUT2D eigenvalue weighted by molar-refractivity contribution is -0.133. The minimum absolute atomic E-state index is 0.0724. The summed E-state index contributed by atoms with van der Waals surface area (Å²) in [6, 6.07) is 9.27. The Kier molecular flexibility index (Phi) is 3.01. The van der Waals surface area contributed by atoms with E-state index in [2.05, 4.69) is 15.5 Å². The Hall–Kier alpha value is -2.70. The molecule has 0 spiro atoms. The van der Waals surface area contributed by atoms with Crippen LogP contribution in [-0.4, -0.2) is 37.4 Å². The average molecular weight is 337 g/mol. The van der Waals surface area contributed by atoms with Crippen molar-refractivity contribution in [3.05, 3.63) is 42.2 Å². The first-order valence-corrected chi connectivity index (χ1v) is 8.79.